The number of carbonyl (C=O) groups excluding carboxylic acids is 4. The minimum absolute atomic E-state index is 0.0232. The number of nitrogens with zero attached hydrogens (tertiary/aromatic N) is 3. The molecule has 2 aliphatic rings. The summed E-state index contributed by atoms with van der Waals surface area (Å²) in [7, 11) is 0. The highest BCUT2D eigenvalue weighted by atomic mass is 16.6. The number of anilines is 1. The number of rotatable bonds is 6. The molecule has 2 saturated heterocycles. The van der Waals surface area contributed by atoms with Crippen molar-refractivity contribution < 1.29 is 23.9 Å². The van der Waals surface area contributed by atoms with Gasteiger partial charge in [-0.25, -0.2) is 4.79 Å². The molecule has 0 radical (unpaired) electrons. The van der Waals surface area contributed by atoms with Crippen LogP contribution in [0.15, 0.2) is 72.8 Å². The lowest BCUT2D eigenvalue weighted by Gasteiger charge is -2.37. The van der Waals surface area contributed by atoms with E-state index in [2.05, 4.69) is 5.32 Å². The number of carbonyl (C=O) groups is 4. The van der Waals surface area contributed by atoms with Gasteiger partial charge in [-0.1, -0.05) is 59.7 Å². The van der Waals surface area contributed by atoms with Crippen molar-refractivity contribution in [3.63, 3.8) is 0 Å². The van der Waals surface area contributed by atoms with Gasteiger partial charge in [0.15, 0.2) is 12.1 Å². The molecule has 9 heteroatoms. The first-order valence-electron chi connectivity index (χ1n) is 13.7. The standard InChI is InChI=1S/C32H34N4O5/c1-21-7-9-26(10-8-21)30(38)33-27-13-11-25(12-14-27)29-28(31(39)35-17-15-34(16-18-35)23(3)37)36(32(40)41-29)20-24-6-4-5-22(2)19-24/h4-14,19,28-29H,15-18,20H2,1-3H3,(H,33,38). The van der Waals surface area contributed by atoms with Crippen molar-refractivity contribution >= 4 is 29.5 Å². The number of hydrogen-bond acceptors (Lipinski definition) is 5. The Labute approximate surface area is 239 Å². The maximum Gasteiger partial charge on any atom is 0.411 e. The van der Waals surface area contributed by atoms with E-state index in [0.717, 1.165) is 16.7 Å². The third-order valence-electron chi connectivity index (χ3n) is 7.62. The van der Waals surface area contributed by atoms with Gasteiger partial charge in [0, 0.05) is 44.4 Å². The first-order valence-corrected chi connectivity index (χ1v) is 13.7. The summed E-state index contributed by atoms with van der Waals surface area (Å²) in [6, 6.07) is 21.3. The van der Waals surface area contributed by atoms with Crippen molar-refractivity contribution in [1.82, 2.24) is 14.7 Å². The summed E-state index contributed by atoms with van der Waals surface area (Å²) in [5.74, 6) is -0.467. The fraction of sp³-hybridized carbons (Fsp3) is 0.312. The average Bonchev–Trinajstić information content (AvgIpc) is 3.28. The van der Waals surface area contributed by atoms with Crippen molar-refractivity contribution in [3.05, 3.63) is 101 Å². The Morgan fingerprint density at radius 1 is 0.854 bits per heavy atom. The zero-order chi connectivity index (χ0) is 29.1. The number of amides is 4. The molecule has 0 bridgehead atoms. The predicted octanol–water partition coefficient (Wildman–Crippen LogP) is 4.31. The number of cyclic esters (lactones) is 1. The molecule has 4 amide bonds. The molecule has 2 fully saturated rings. The highest BCUT2D eigenvalue weighted by Crippen LogP contribution is 2.36. The highest BCUT2D eigenvalue weighted by Gasteiger charge is 2.48. The lowest BCUT2D eigenvalue weighted by molar-refractivity contribution is -0.142. The molecule has 2 heterocycles. The molecular formula is C32H34N4O5. The molecule has 2 atom stereocenters. The van der Waals surface area contributed by atoms with Crippen LogP contribution in [0, 0.1) is 13.8 Å². The molecule has 0 spiro atoms. The fourth-order valence-electron chi connectivity index (χ4n) is 5.29. The van der Waals surface area contributed by atoms with Crippen LogP contribution >= 0.6 is 0 Å². The summed E-state index contributed by atoms with van der Waals surface area (Å²) in [5.41, 5.74) is 4.81. The van der Waals surface area contributed by atoms with Crippen LogP contribution in [0.3, 0.4) is 0 Å². The van der Waals surface area contributed by atoms with Gasteiger partial charge in [-0.2, -0.15) is 0 Å². The zero-order valence-electron chi connectivity index (χ0n) is 23.5. The number of ether oxygens (including phenoxy) is 1. The van der Waals surface area contributed by atoms with Crippen LogP contribution in [0.1, 0.15) is 45.6 Å². The van der Waals surface area contributed by atoms with Crippen LogP contribution in [0.4, 0.5) is 10.5 Å². The van der Waals surface area contributed by atoms with Gasteiger partial charge >= 0.3 is 6.09 Å². The SMILES string of the molecule is CC(=O)N1CCN(C(=O)C2C(c3ccc(NC(=O)c4ccc(C)cc4)cc3)OC(=O)N2Cc2cccc(C)c2)CC1. The van der Waals surface area contributed by atoms with Crippen molar-refractivity contribution in [1.29, 1.82) is 0 Å². The molecule has 0 aliphatic carbocycles. The Balaban J connectivity index is 1.38. The van der Waals surface area contributed by atoms with Gasteiger partial charge in [-0.15, -0.1) is 0 Å². The van der Waals surface area contributed by atoms with E-state index in [4.69, 9.17) is 4.74 Å². The lowest BCUT2D eigenvalue weighted by Crippen LogP contribution is -2.55. The predicted molar refractivity (Wildman–Crippen MR) is 154 cm³/mol. The third kappa shape index (κ3) is 6.24. The van der Waals surface area contributed by atoms with Crippen LogP contribution in [0.2, 0.25) is 0 Å². The van der Waals surface area contributed by atoms with Gasteiger partial charge in [-0.3, -0.25) is 19.3 Å². The number of aryl methyl sites for hydroxylation is 2. The van der Waals surface area contributed by atoms with Crippen molar-refractivity contribution in [2.45, 2.75) is 39.5 Å². The average molecular weight is 555 g/mol. The molecule has 2 aliphatic heterocycles. The van der Waals surface area contributed by atoms with Gasteiger partial charge in [-0.05, 0) is 49.2 Å². The minimum atomic E-state index is -0.875. The number of nitrogens with one attached hydrogen (secondary N) is 1. The molecule has 41 heavy (non-hydrogen) atoms. The van der Waals surface area contributed by atoms with Crippen LogP contribution in [0.5, 0.6) is 0 Å². The molecule has 0 saturated carbocycles. The van der Waals surface area contributed by atoms with E-state index in [0.29, 0.717) is 43.0 Å². The van der Waals surface area contributed by atoms with E-state index >= 15 is 0 Å². The van der Waals surface area contributed by atoms with E-state index in [1.807, 2.05) is 50.2 Å². The second kappa shape index (κ2) is 11.8. The molecule has 5 rings (SSSR count). The third-order valence-corrected chi connectivity index (χ3v) is 7.62. The van der Waals surface area contributed by atoms with Gasteiger partial charge in [0.2, 0.25) is 11.8 Å². The van der Waals surface area contributed by atoms with Crippen LogP contribution in [0.25, 0.3) is 0 Å². The van der Waals surface area contributed by atoms with Crippen molar-refractivity contribution in [2.75, 3.05) is 31.5 Å². The van der Waals surface area contributed by atoms with E-state index < -0.39 is 18.2 Å². The lowest BCUT2D eigenvalue weighted by atomic mass is 9.99. The quantitative estimate of drug-likeness (QED) is 0.490. The monoisotopic (exact) mass is 554 g/mol. The Kier molecular flexibility index (Phi) is 8.05. The van der Waals surface area contributed by atoms with Crippen LogP contribution in [-0.4, -0.2) is 70.7 Å². The molecule has 0 aromatic heterocycles. The topological polar surface area (TPSA) is 99.3 Å². The molecule has 2 unspecified atom stereocenters. The maximum atomic E-state index is 14.0. The summed E-state index contributed by atoms with van der Waals surface area (Å²) in [6.45, 7) is 7.35. The Hall–Kier alpha value is -4.66. The number of benzene rings is 3. The summed E-state index contributed by atoms with van der Waals surface area (Å²) >= 11 is 0. The summed E-state index contributed by atoms with van der Waals surface area (Å²) < 4.78 is 5.84. The Morgan fingerprint density at radius 3 is 2.15 bits per heavy atom. The molecule has 212 valence electrons. The molecule has 1 N–H and O–H groups in total. The van der Waals surface area contributed by atoms with Gasteiger partial charge in [0.05, 0.1) is 6.54 Å². The smallest absolute Gasteiger partial charge is 0.411 e. The van der Waals surface area contributed by atoms with Crippen LogP contribution < -0.4 is 5.32 Å². The van der Waals surface area contributed by atoms with Crippen molar-refractivity contribution in [2.24, 2.45) is 0 Å². The number of piperazine rings is 1. The van der Waals surface area contributed by atoms with Crippen LogP contribution in [-0.2, 0) is 20.9 Å². The minimum Gasteiger partial charge on any atom is -0.438 e. The Bertz CT molecular complexity index is 1450. The van der Waals surface area contributed by atoms with Gasteiger partial charge in [0.1, 0.15) is 0 Å². The van der Waals surface area contributed by atoms with E-state index in [1.54, 1.807) is 46.2 Å². The second-order valence-electron chi connectivity index (χ2n) is 10.6. The molecular weight excluding hydrogens is 520 g/mol. The van der Waals surface area contributed by atoms with Gasteiger partial charge in [0.25, 0.3) is 5.91 Å². The van der Waals surface area contributed by atoms with E-state index in [1.165, 1.54) is 11.8 Å². The zero-order valence-corrected chi connectivity index (χ0v) is 23.5. The first kappa shape index (κ1) is 27.9. The van der Waals surface area contributed by atoms with E-state index in [-0.39, 0.29) is 24.3 Å². The summed E-state index contributed by atoms with van der Waals surface area (Å²) in [4.78, 5) is 56.6. The first-order chi connectivity index (χ1) is 19.7. The number of hydrogen-bond donors (Lipinski definition) is 1. The maximum absolute atomic E-state index is 14.0. The second-order valence-corrected chi connectivity index (χ2v) is 10.6. The Morgan fingerprint density at radius 2 is 1.51 bits per heavy atom. The van der Waals surface area contributed by atoms with Gasteiger partial charge < -0.3 is 19.9 Å². The fourth-order valence-corrected chi connectivity index (χ4v) is 5.29. The summed E-state index contributed by atoms with van der Waals surface area (Å²) in [5, 5.41) is 2.89. The molecule has 3 aromatic rings. The van der Waals surface area contributed by atoms with Crippen molar-refractivity contribution in [3.8, 4) is 0 Å². The largest absolute Gasteiger partial charge is 0.438 e. The summed E-state index contributed by atoms with van der Waals surface area (Å²) in [6.07, 6.45) is -1.39. The molecule has 9 nitrogen and oxygen atoms in total. The van der Waals surface area contributed by atoms with E-state index in [9.17, 15) is 19.2 Å². The normalized spacial score (nSPS) is 18.7. The molecule has 3 aromatic carbocycles. The highest BCUT2D eigenvalue weighted by molar-refractivity contribution is 6.04.